The average Bonchev–Trinajstić information content (AvgIpc) is 2.78. The van der Waals surface area contributed by atoms with Crippen molar-refractivity contribution in [1.82, 2.24) is 4.98 Å². The molecule has 1 aliphatic heterocycles. The second-order valence-corrected chi connectivity index (χ2v) is 4.03. The van der Waals surface area contributed by atoms with Crippen LogP contribution in [0.5, 0.6) is 0 Å². The maximum atomic E-state index is 9.27. The van der Waals surface area contributed by atoms with Gasteiger partial charge in [0, 0.05) is 13.6 Å². The Morgan fingerprint density at radius 1 is 1.62 bits per heavy atom. The normalized spacial score (nSPS) is 20.1. The quantitative estimate of drug-likeness (QED) is 0.701. The molecule has 0 aromatic carbocycles. The van der Waals surface area contributed by atoms with E-state index in [9.17, 15) is 5.11 Å². The third-order valence-electron chi connectivity index (χ3n) is 3.03. The number of anilines is 3. The summed E-state index contributed by atoms with van der Waals surface area (Å²) in [5.41, 5.74) is 6.42. The number of nitrogens with one attached hydrogen (secondary N) is 1. The predicted molar refractivity (Wildman–Crippen MR) is 65.6 cm³/mol. The first kappa shape index (κ1) is 11.0. The Hall–Kier alpha value is -1.49. The molecule has 1 saturated heterocycles. The highest BCUT2D eigenvalue weighted by Crippen LogP contribution is 2.26. The van der Waals surface area contributed by atoms with Crippen LogP contribution in [0.3, 0.4) is 0 Å². The number of aliphatic hydroxyl groups is 1. The van der Waals surface area contributed by atoms with Gasteiger partial charge in [0.25, 0.3) is 0 Å². The van der Waals surface area contributed by atoms with E-state index >= 15 is 0 Å². The van der Waals surface area contributed by atoms with E-state index in [-0.39, 0.29) is 12.6 Å². The zero-order chi connectivity index (χ0) is 11.5. The van der Waals surface area contributed by atoms with Crippen LogP contribution in [0.1, 0.15) is 12.8 Å². The Morgan fingerprint density at radius 3 is 3.12 bits per heavy atom. The minimum absolute atomic E-state index is 0.181. The van der Waals surface area contributed by atoms with Crippen molar-refractivity contribution in [3.05, 3.63) is 12.1 Å². The van der Waals surface area contributed by atoms with Crippen LogP contribution in [0.15, 0.2) is 12.1 Å². The van der Waals surface area contributed by atoms with Gasteiger partial charge < -0.3 is 21.1 Å². The molecular weight excluding hydrogens is 204 g/mol. The lowest BCUT2D eigenvalue weighted by molar-refractivity contribution is 0.266. The highest BCUT2D eigenvalue weighted by Gasteiger charge is 2.25. The number of hydrogen-bond acceptors (Lipinski definition) is 5. The molecule has 5 heteroatoms. The lowest BCUT2D eigenvalue weighted by Crippen LogP contribution is -2.32. The summed E-state index contributed by atoms with van der Waals surface area (Å²) in [5, 5.41) is 12.2. The summed E-state index contributed by atoms with van der Waals surface area (Å²) in [4.78, 5) is 6.59. The smallest absolute Gasteiger partial charge is 0.151 e. The lowest BCUT2D eigenvalue weighted by Gasteiger charge is -2.24. The molecule has 0 spiro atoms. The van der Waals surface area contributed by atoms with Gasteiger partial charge in [-0.3, -0.25) is 0 Å². The van der Waals surface area contributed by atoms with E-state index in [0.29, 0.717) is 11.5 Å². The van der Waals surface area contributed by atoms with Crippen LogP contribution in [0.2, 0.25) is 0 Å². The Bertz CT molecular complexity index is 369. The number of nitrogens with two attached hydrogens (primary N) is 1. The molecule has 0 amide bonds. The molecular formula is C11H18N4O. The van der Waals surface area contributed by atoms with Crippen molar-refractivity contribution < 1.29 is 5.11 Å². The first-order valence-corrected chi connectivity index (χ1v) is 5.58. The standard InChI is InChI=1S/C11H18N4O/c1-13-11-9(12)4-5-10(14-11)15-6-2-3-8(15)7-16/h4-5,8,16H,2-3,6-7,12H2,1H3,(H,13,14). The van der Waals surface area contributed by atoms with Crippen molar-refractivity contribution in [2.24, 2.45) is 0 Å². The molecule has 2 rings (SSSR count). The van der Waals surface area contributed by atoms with Crippen LogP contribution in [-0.2, 0) is 0 Å². The summed E-state index contributed by atoms with van der Waals surface area (Å²) >= 11 is 0. The lowest BCUT2D eigenvalue weighted by atomic mass is 10.2. The summed E-state index contributed by atoms with van der Waals surface area (Å²) in [7, 11) is 1.80. The SMILES string of the molecule is CNc1nc(N2CCCC2CO)ccc1N. The third-order valence-corrected chi connectivity index (χ3v) is 3.03. The minimum atomic E-state index is 0.181. The number of hydrogen-bond donors (Lipinski definition) is 3. The molecule has 0 bridgehead atoms. The van der Waals surface area contributed by atoms with E-state index in [2.05, 4.69) is 15.2 Å². The molecule has 4 N–H and O–H groups in total. The second kappa shape index (κ2) is 4.57. The molecule has 1 unspecified atom stereocenters. The number of aromatic nitrogens is 1. The van der Waals surface area contributed by atoms with Crippen molar-refractivity contribution in [3.8, 4) is 0 Å². The molecule has 0 radical (unpaired) electrons. The first-order chi connectivity index (χ1) is 7.76. The predicted octanol–water partition coefficient (Wildman–Crippen LogP) is 0.667. The van der Waals surface area contributed by atoms with E-state index in [4.69, 9.17) is 5.73 Å². The van der Waals surface area contributed by atoms with Gasteiger partial charge in [-0.2, -0.15) is 0 Å². The molecule has 5 nitrogen and oxygen atoms in total. The van der Waals surface area contributed by atoms with E-state index < -0.39 is 0 Å². The number of nitrogens with zero attached hydrogens (tertiary/aromatic N) is 2. The van der Waals surface area contributed by atoms with Gasteiger partial charge in [-0.25, -0.2) is 4.98 Å². The zero-order valence-electron chi connectivity index (χ0n) is 9.48. The molecule has 1 fully saturated rings. The molecule has 0 aliphatic carbocycles. The monoisotopic (exact) mass is 222 g/mol. The van der Waals surface area contributed by atoms with Gasteiger partial charge >= 0.3 is 0 Å². The van der Waals surface area contributed by atoms with Gasteiger partial charge in [-0.05, 0) is 25.0 Å². The van der Waals surface area contributed by atoms with Gasteiger partial charge in [0.15, 0.2) is 5.82 Å². The Kier molecular flexibility index (Phi) is 3.14. The van der Waals surface area contributed by atoms with E-state index in [1.165, 1.54) is 0 Å². The average molecular weight is 222 g/mol. The summed E-state index contributed by atoms with van der Waals surface area (Å²) in [6.45, 7) is 1.13. The maximum Gasteiger partial charge on any atom is 0.151 e. The molecule has 88 valence electrons. The van der Waals surface area contributed by atoms with Crippen molar-refractivity contribution in [1.29, 1.82) is 0 Å². The Morgan fingerprint density at radius 2 is 2.44 bits per heavy atom. The van der Waals surface area contributed by atoms with Crippen LogP contribution in [0, 0.1) is 0 Å². The Labute approximate surface area is 95.3 Å². The summed E-state index contributed by atoms with van der Waals surface area (Å²) < 4.78 is 0. The number of nitrogen functional groups attached to an aromatic ring is 1. The van der Waals surface area contributed by atoms with Crippen molar-refractivity contribution in [3.63, 3.8) is 0 Å². The second-order valence-electron chi connectivity index (χ2n) is 4.03. The summed E-state index contributed by atoms with van der Waals surface area (Å²) in [6.07, 6.45) is 2.13. The highest BCUT2D eigenvalue weighted by atomic mass is 16.3. The van der Waals surface area contributed by atoms with Crippen LogP contribution < -0.4 is 16.0 Å². The van der Waals surface area contributed by atoms with Gasteiger partial charge in [0.1, 0.15) is 5.82 Å². The topological polar surface area (TPSA) is 74.4 Å². The molecule has 2 heterocycles. The fraction of sp³-hybridized carbons (Fsp3) is 0.545. The van der Waals surface area contributed by atoms with Crippen LogP contribution in [0.4, 0.5) is 17.3 Å². The molecule has 0 saturated carbocycles. The molecule has 1 atom stereocenters. The number of aliphatic hydroxyl groups excluding tert-OH is 1. The summed E-state index contributed by atoms with van der Waals surface area (Å²) in [5.74, 6) is 1.58. The number of pyridine rings is 1. The van der Waals surface area contributed by atoms with Gasteiger partial charge in [0.05, 0.1) is 18.3 Å². The van der Waals surface area contributed by atoms with Gasteiger partial charge in [-0.15, -0.1) is 0 Å². The number of rotatable bonds is 3. The summed E-state index contributed by atoms with van der Waals surface area (Å²) in [6, 6.07) is 3.95. The third kappa shape index (κ3) is 1.90. The highest BCUT2D eigenvalue weighted by molar-refractivity contribution is 5.64. The van der Waals surface area contributed by atoms with Crippen LogP contribution >= 0.6 is 0 Å². The largest absolute Gasteiger partial charge is 0.396 e. The molecule has 1 aromatic heterocycles. The Balaban J connectivity index is 2.26. The fourth-order valence-electron chi connectivity index (χ4n) is 2.15. The van der Waals surface area contributed by atoms with E-state index in [1.54, 1.807) is 7.05 Å². The van der Waals surface area contributed by atoms with Crippen molar-refractivity contribution in [2.75, 3.05) is 36.1 Å². The minimum Gasteiger partial charge on any atom is -0.396 e. The van der Waals surface area contributed by atoms with Gasteiger partial charge in [-0.1, -0.05) is 0 Å². The van der Waals surface area contributed by atoms with Crippen molar-refractivity contribution >= 4 is 17.3 Å². The molecule has 16 heavy (non-hydrogen) atoms. The van der Waals surface area contributed by atoms with E-state index in [0.717, 1.165) is 25.2 Å². The van der Waals surface area contributed by atoms with Gasteiger partial charge in [0.2, 0.25) is 0 Å². The zero-order valence-corrected chi connectivity index (χ0v) is 9.48. The van der Waals surface area contributed by atoms with Crippen LogP contribution in [0.25, 0.3) is 0 Å². The fourth-order valence-corrected chi connectivity index (χ4v) is 2.15. The van der Waals surface area contributed by atoms with Crippen LogP contribution in [-0.4, -0.2) is 36.3 Å². The van der Waals surface area contributed by atoms with E-state index in [1.807, 2.05) is 12.1 Å². The maximum absolute atomic E-state index is 9.27. The molecule has 1 aliphatic rings. The first-order valence-electron chi connectivity index (χ1n) is 5.58. The molecule has 1 aromatic rings. The van der Waals surface area contributed by atoms with Crippen molar-refractivity contribution in [2.45, 2.75) is 18.9 Å².